The molecule has 5 heteroatoms. The monoisotopic (exact) mass is 206 g/mol. The van der Waals surface area contributed by atoms with E-state index >= 15 is 0 Å². The summed E-state index contributed by atoms with van der Waals surface area (Å²) >= 11 is 0. The summed E-state index contributed by atoms with van der Waals surface area (Å²) < 4.78 is 10.8. The Kier molecular flexibility index (Phi) is 5.90. The Balaban J connectivity index is 0.00000144. The molecule has 0 fully saturated rings. The molecule has 1 atom stereocenters. The lowest BCUT2D eigenvalue weighted by atomic mass is 10.6. The van der Waals surface area contributed by atoms with Crippen LogP contribution in [0, 0.1) is 0 Å². The highest BCUT2D eigenvalue weighted by molar-refractivity contribution is 5.50. The first-order valence-corrected chi connectivity index (χ1v) is 3.90. The molecule has 0 saturated heterocycles. The Bertz CT molecular complexity index is 183. The second-order valence-electron chi connectivity index (χ2n) is 2.94. The molecule has 1 heterocycles. The topological polar surface area (TPSA) is 30.8 Å². The number of halogens is 1. The van der Waals surface area contributed by atoms with Crippen molar-refractivity contribution >= 4 is 6.34 Å². The van der Waals surface area contributed by atoms with Crippen LogP contribution >= 0.6 is 0 Å². The molecule has 0 aromatic heterocycles. The third-order valence-corrected chi connectivity index (χ3v) is 1.62. The van der Waals surface area contributed by atoms with Crippen LogP contribution in [0.2, 0.25) is 0 Å². The van der Waals surface area contributed by atoms with E-state index in [1.165, 1.54) is 0 Å². The standard InChI is InChI=1S/C8H15N2O2.ClH/c1-10(4-3-9-7-10)8-12-6-5-11-2;/h3-4,7H,5-6,8H2,1-2H3;1H/q+1;/p-1. The van der Waals surface area contributed by atoms with Crippen LogP contribution in [0.1, 0.15) is 0 Å². The second-order valence-corrected chi connectivity index (χ2v) is 2.94. The third-order valence-electron chi connectivity index (χ3n) is 1.62. The zero-order valence-electron chi connectivity index (χ0n) is 7.94. The summed E-state index contributed by atoms with van der Waals surface area (Å²) in [7, 11) is 3.69. The summed E-state index contributed by atoms with van der Waals surface area (Å²) in [4.78, 5) is 3.99. The van der Waals surface area contributed by atoms with Gasteiger partial charge < -0.3 is 21.9 Å². The Morgan fingerprint density at radius 3 is 2.69 bits per heavy atom. The molecule has 1 aliphatic rings. The molecule has 1 rings (SSSR count). The lowest BCUT2D eigenvalue weighted by molar-refractivity contribution is -0.782. The molecule has 0 saturated carbocycles. The van der Waals surface area contributed by atoms with Crippen molar-refractivity contribution in [2.24, 2.45) is 4.99 Å². The predicted molar refractivity (Wildman–Crippen MR) is 46.5 cm³/mol. The van der Waals surface area contributed by atoms with Crippen LogP contribution < -0.4 is 12.4 Å². The number of rotatable bonds is 5. The Hall–Kier alpha value is -0.420. The van der Waals surface area contributed by atoms with Gasteiger partial charge in [-0.1, -0.05) is 0 Å². The van der Waals surface area contributed by atoms with Crippen LogP contribution in [-0.2, 0) is 9.47 Å². The molecule has 0 bridgehead atoms. The van der Waals surface area contributed by atoms with E-state index in [9.17, 15) is 0 Å². The van der Waals surface area contributed by atoms with E-state index in [-0.39, 0.29) is 12.4 Å². The summed E-state index contributed by atoms with van der Waals surface area (Å²) in [5.41, 5.74) is 0. The molecule has 1 aliphatic heterocycles. The average Bonchev–Trinajstić information content (AvgIpc) is 2.47. The van der Waals surface area contributed by atoms with Gasteiger partial charge in [-0.2, -0.15) is 0 Å². The van der Waals surface area contributed by atoms with Crippen LogP contribution in [-0.4, -0.2) is 44.9 Å². The predicted octanol–water partition coefficient (Wildman–Crippen LogP) is -2.43. The molecule has 0 aromatic carbocycles. The van der Waals surface area contributed by atoms with Crippen molar-refractivity contribution in [3.63, 3.8) is 0 Å². The average molecular weight is 207 g/mol. The number of quaternary nitrogens is 1. The lowest BCUT2D eigenvalue weighted by Crippen LogP contribution is -3.00. The van der Waals surface area contributed by atoms with E-state index in [1.807, 2.05) is 19.6 Å². The van der Waals surface area contributed by atoms with Crippen LogP contribution in [0.5, 0.6) is 0 Å². The quantitative estimate of drug-likeness (QED) is 0.370. The number of ether oxygens (including phenoxy) is 2. The first-order valence-electron chi connectivity index (χ1n) is 3.90. The molecule has 0 N–H and O–H groups in total. The lowest BCUT2D eigenvalue weighted by Gasteiger charge is -2.20. The van der Waals surface area contributed by atoms with E-state index in [4.69, 9.17) is 9.47 Å². The Morgan fingerprint density at radius 2 is 2.15 bits per heavy atom. The van der Waals surface area contributed by atoms with E-state index in [2.05, 4.69) is 4.99 Å². The molecule has 4 nitrogen and oxygen atoms in total. The second kappa shape index (κ2) is 6.10. The van der Waals surface area contributed by atoms with E-state index in [0.717, 1.165) is 0 Å². The fourth-order valence-electron chi connectivity index (χ4n) is 0.900. The minimum Gasteiger partial charge on any atom is -1.00 e. The summed E-state index contributed by atoms with van der Waals surface area (Å²) in [6.45, 7) is 1.89. The maximum Gasteiger partial charge on any atom is 0.196 e. The number of aliphatic imine (C=N–C) groups is 1. The number of hydrogen-bond donors (Lipinski definition) is 0. The zero-order valence-corrected chi connectivity index (χ0v) is 8.70. The van der Waals surface area contributed by atoms with E-state index in [1.54, 1.807) is 13.3 Å². The van der Waals surface area contributed by atoms with E-state index < -0.39 is 0 Å². The molecule has 0 radical (unpaired) electrons. The van der Waals surface area contributed by atoms with Crippen LogP contribution in [0.25, 0.3) is 0 Å². The first-order chi connectivity index (χ1) is 5.77. The van der Waals surface area contributed by atoms with Gasteiger partial charge in [-0.3, -0.25) is 0 Å². The van der Waals surface area contributed by atoms with Crippen molar-refractivity contribution in [1.29, 1.82) is 0 Å². The number of nitrogens with zero attached hydrogens (tertiary/aromatic N) is 2. The van der Waals surface area contributed by atoms with Crippen LogP contribution in [0.4, 0.5) is 0 Å². The van der Waals surface area contributed by atoms with Gasteiger partial charge in [-0.05, 0) is 0 Å². The van der Waals surface area contributed by atoms with Crippen molar-refractivity contribution < 1.29 is 26.4 Å². The number of methoxy groups -OCH3 is 1. The highest BCUT2D eigenvalue weighted by atomic mass is 35.5. The maximum atomic E-state index is 5.37. The van der Waals surface area contributed by atoms with Gasteiger partial charge in [0.15, 0.2) is 13.1 Å². The van der Waals surface area contributed by atoms with Crippen molar-refractivity contribution in [3.8, 4) is 0 Å². The van der Waals surface area contributed by atoms with Gasteiger partial charge in [-0.15, -0.1) is 0 Å². The molecular formula is C8H15ClN2O2. The third kappa shape index (κ3) is 4.38. The van der Waals surface area contributed by atoms with Crippen molar-refractivity contribution in [1.82, 2.24) is 0 Å². The Morgan fingerprint density at radius 1 is 1.38 bits per heavy atom. The molecule has 0 spiro atoms. The highest BCUT2D eigenvalue weighted by Gasteiger charge is 2.18. The summed E-state index contributed by atoms with van der Waals surface area (Å²) in [6, 6.07) is 0. The van der Waals surface area contributed by atoms with E-state index in [0.29, 0.717) is 24.4 Å². The van der Waals surface area contributed by atoms with Crippen molar-refractivity contribution in [2.45, 2.75) is 0 Å². The minimum absolute atomic E-state index is 0. The largest absolute Gasteiger partial charge is 1.00 e. The molecule has 0 amide bonds. The smallest absolute Gasteiger partial charge is 0.196 e. The van der Waals surface area contributed by atoms with Gasteiger partial charge in [-0.25, -0.2) is 9.48 Å². The van der Waals surface area contributed by atoms with Gasteiger partial charge in [0.25, 0.3) is 0 Å². The van der Waals surface area contributed by atoms with Crippen LogP contribution in [0.15, 0.2) is 17.4 Å². The van der Waals surface area contributed by atoms with Gasteiger partial charge in [0.2, 0.25) is 0 Å². The van der Waals surface area contributed by atoms with Crippen molar-refractivity contribution in [3.05, 3.63) is 12.4 Å². The SMILES string of the molecule is COCCOC[N+]1(C)C=CN=C1.[Cl-]. The highest BCUT2D eigenvalue weighted by Crippen LogP contribution is 2.05. The fourth-order valence-corrected chi connectivity index (χ4v) is 0.900. The van der Waals surface area contributed by atoms with Gasteiger partial charge in [0.1, 0.15) is 6.20 Å². The molecule has 76 valence electrons. The molecule has 13 heavy (non-hydrogen) atoms. The first kappa shape index (κ1) is 12.6. The van der Waals surface area contributed by atoms with Gasteiger partial charge in [0, 0.05) is 7.11 Å². The molecule has 1 unspecified atom stereocenters. The summed E-state index contributed by atoms with van der Waals surface area (Å²) in [5.74, 6) is 0. The van der Waals surface area contributed by atoms with Gasteiger partial charge in [0.05, 0.1) is 26.5 Å². The van der Waals surface area contributed by atoms with Crippen molar-refractivity contribution in [2.75, 3.05) is 34.1 Å². The number of hydrogen-bond acceptors (Lipinski definition) is 3. The fraction of sp³-hybridized carbons (Fsp3) is 0.625. The van der Waals surface area contributed by atoms with Gasteiger partial charge >= 0.3 is 0 Å². The normalized spacial score (nSPS) is 24.8. The zero-order chi connectivity index (χ0) is 8.86. The molecule has 0 aliphatic carbocycles. The maximum absolute atomic E-state index is 5.37. The summed E-state index contributed by atoms with van der Waals surface area (Å²) in [6.07, 6.45) is 5.60. The Labute approximate surface area is 84.8 Å². The van der Waals surface area contributed by atoms with Crippen LogP contribution in [0.3, 0.4) is 0 Å². The molecular weight excluding hydrogens is 192 g/mol. The minimum atomic E-state index is 0. The molecule has 0 aromatic rings. The summed E-state index contributed by atoms with van der Waals surface area (Å²) in [5, 5.41) is 0.